The van der Waals surface area contributed by atoms with Gasteiger partial charge in [0, 0.05) is 16.1 Å². The lowest BCUT2D eigenvalue weighted by Gasteiger charge is -2.29. The molecule has 1 atom stereocenters. The van der Waals surface area contributed by atoms with Crippen molar-refractivity contribution in [3.8, 4) is 0 Å². The molecule has 2 rings (SSSR count). The van der Waals surface area contributed by atoms with Crippen LogP contribution in [-0.4, -0.2) is 13.1 Å². The molecule has 3 heteroatoms. The van der Waals surface area contributed by atoms with Gasteiger partial charge in [0.15, 0.2) is 0 Å². The van der Waals surface area contributed by atoms with Crippen molar-refractivity contribution < 1.29 is 0 Å². The van der Waals surface area contributed by atoms with E-state index >= 15 is 0 Å². The predicted molar refractivity (Wildman–Crippen MR) is 75.0 cm³/mol. The van der Waals surface area contributed by atoms with Crippen LogP contribution in [0.2, 0.25) is 10.0 Å². The molecule has 1 unspecified atom stereocenters. The maximum absolute atomic E-state index is 6.20. The molecule has 0 saturated heterocycles. The number of benzene rings is 1. The van der Waals surface area contributed by atoms with Crippen LogP contribution < -0.4 is 5.32 Å². The Hall–Kier alpha value is -0.240. The molecule has 1 fully saturated rings. The quantitative estimate of drug-likeness (QED) is 0.842. The second kappa shape index (κ2) is 6.08. The molecule has 0 radical (unpaired) electrons. The highest BCUT2D eigenvalue weighted by atomic mass is 35.5. The van der Waals surface area contributed by atoms with Gasteiger partial charge in [-0.25, -0.2) is 0 Å². The Bertz CT molecular complexity index is 374. The summed E-state index contributed by atoms with van der Waals surface area (Å²) in [5.74, 6) is 0.915. The fourth-order valence-electron chi connectivity index (χ4n) is 2.39. The maximum Gasteiger partial charge on any atom is 0.0453 e. The minimum absolute atomic E-state index is 0.527. The highest BCUT2D eigenvalue weighted by molar-refractivity contribution is 6.35. The maximum atomic E-state index is 6.20. The van der Waals surface area contributed by atoms with Crippen molar-refractivity contribution in [3.05, 3.63) is 33.8 Å². The summed E-state index contributed by atoms with van der Waals surface area (Å²) in [6, 6.07) is 6.31. The van der Waals surface area contributed by atoms with Crippen LogP contribution in [0.15, 0.2) is 18.2 Å². The molecule has 1 N–H and O–H groups in total. The normalized spacial score (nSPS) is 17.8. The van der Waals surface area contributed by atoms with Gasteiger partial charge >= 0.3 is 0 Å². The van der Waals surface area contributed by atoms with Crippen LogP contribution in [-0.2, 0) is 6.42 Å². The van der Waals surface area contributed by atoms with Gasteiger partial charge in [-0.15, -0.1) is 0 Å². The summed E-state index contributed by atoms with van der Waals surface area (Å²) in [5.41, 5.74) is 1.19. The second-order valence-corrected chi connectivity index (χ2v) is 5.80. The summed E-state index contributed by atoms with van der Waals surface area (Å²) in [7, 11) is 2.03. The summed E-state index contributed by atoms with van der Waals surface area (Å²) in [6.45, 7) is 0. The van der Waals surface area contributed by atoms with E-state index in [1.165, 1.54) is 31.2 Å². The number of hydrogen-bond donors (Lipinski definition) is 1. The smallest absolute Gasteiger partial charge is 0.0453 e. The minimum Gasteiger partial charge on any atom is -0.317 e. The highest BCUT2D eigenvalue weighted by Gasteiger charge is 2.21. The average Bonchev–Trinajstić information content (AvgIpc) is 2.24. The van der Waals surface area contributed by atoms with E-state index in [9.17, 15) is 0 Å². The highest BCUT2D eigenvalue weighted by Crippen LogP contribution is 2.31. The number of hydrogen-bond acceptors (Lipinski definition) is 1. The van der Waals surface area contributed by atoms with Gasteiger partial charge < -0.3 is 5.32 Å². The Kier molecular flexibility index (Phi) is 4.72. The zero-order valence-corrected chi connectivity index (χ0v) is 11.7. The van der Waals surface area contributed by atoms with Crippen LogP contribution in [0.5, 0.6) is 0 Å². The van der Waals surface area contributed by atoms with Crippen molar-refractivity contribution in [1.82, 2.24) is 5.32 Å². The van der Waals surface area contributed by atoms with Gasteiger partial charge in [0.25, 0.3) is 0 Å². The molecular formula is C14H19Cl2N. The molecular weight excluding hydrogens is 253 g/mol. The summed E-state index contributed by atoms with van der Waals surface area (Å²) < 4.78 is 0. The van der Waals surface area contributed by atoms with E-state index in [1.807, 2.05) is 25.2 Å². The number of likely N-dealkylation sites (N-methyl/N-ethyl adjacent to an activating group) is 1. The lowest BCUT2D eigenvalue weighted by molar-refractivity contribution is 0.263. The molecule has 0 aliphatic heterocycles. The molecule has 1 nitrogen and oxygen atoms in total. The van der Waals surface area contributed by atoms with E-state index < -0.39 is 0 Å². The van der Waals surface area contributed by atoms with E-state index in [0.717, 1.165) is 17.4 Å². The largest absolute Gasteiger partial charge is 0.317 e. The lowest BCUT2D eigenvalue weighted by atomic mass is 9.80. The van der Waals surface area contributed by atoms with E-state index in [1.54, 1.807) is 0 Å². The Morgan fingerprint density at radius 3 is 2.65 bits per heavy atom. The molecule has 17 heavy (non-hydrogen) atoms. The Balaban J connectivity index is 1.96. The van der Waals surface area contributed by atoms with Gasteiger partial charge in [0.05, 0.1) is 0 Å². The summed E-state index contributed by atoms with van der Waals surface area (Å²) in [5, 5.41) is 4.89. The standard InChI is InChI=1S/C14H19Cl2N/c1-17-13(7-10-3-2-4-10)8-11-5-6-12(15)9-14(11)16/h5-6,9-10,13,17H,2-4,7-8H2,1H3. The SMILES string of the molecule is CNC(Cc1ccc(Cl)cc1Cl)CC1CCC1. The van der Waals surface area contributed by atoms with Crippen molar-refractivity contribution in [2.45, 2.75) is 38.1 Å². The van der Waals surface area contributed by atoms with E-state index in [4.69, 9.17) is 23.2 Å². The third-order valence-corrected chi connectivity index (χ3v) is 4.32. The Morgan fingerprint density at radius 1 is 1.35 bits per heavy atom. The molecule has 1 aromatic carbocycles. The minimum atomic E-state index is 0.527. The van der Waals surface area contributed by atoms with Crippen LogP contribution in [0.1, 0.15) is 31.2 Å². The summed E-state index contributed by atoms with van der Waals surface area (Å²) in [4.78, 5) is 0. The van der Waals surface area contributed by atoms with Crippen molar-refractivity contribution in [2.75, 3.05) is 7.05 Å². The van der Waals surface area contributed by atoms with Crippen LogP contribution in [0.25, 0.3) is 0 Å². The fraction of sp³-hybridized carbons (Fsp3) is 0.571. The lowest BCUT2D eigenvalue weighted by Crippen LogP contribution is -2.32. The molecule has 0 bridgehead atoms. The molecule has 0 amide bonds. The van der Waals surface area contributed by atoms with Gasteiger partial charge in [-0.2, -0.15) is 0 Å². The van der Waals surface area contributed by atoms with Crippen LogP contribution >= 0.6 is 23.2 Å². The molecule has 0 heterocycles. The number of rotatable bonds is 5. The molecule has 1 saturated carbocycles. The molecule has 1 aromatic rings. The number of nitrogens with one attached hydrogen (secondary N) is 1. The summed E-state index contributed by atoms with van der Waals surface area (Å²) >= 11 is 12.1. The Labute approximate surface area is 114 Å². The third-order valence-electron chi connectivity index (χ3n) is 3.73. The van der Waals surface area contributed by atoms with Gasteiger partial charge in [-0.3, -0.25) is 0 Å². The first kappa shape index (κ1) is 13.2. The second-order valence-electron chi connectivity index (χ2n) is 4.96. The van der Waals surface area contributed by atoms with E-state index in [0.29, 0.717) is 11.1 Å². The van der Waals surface area contributed by atoms with Gasteiger partial charge in [-0.1, -0.05) is 48.5 Å². The van der Waals surface area contributed by atoms with Crippen molar-refractivity contribution >= 4 is 23.2 Å². The summed E-state index contributed by atoms with van der Waals surface area (Å²) in [6.07, 6.45) is 6.44. The van der Waals surface area contributed by atoms with Crippen LogP contribution in [0, 0.1) is 5.92 Å². The van der Waals surface area contributed by atoms with Crippen LogP contribution in [0.3, 0.4) is 0 Å². The topological polar surface area (TPSA) is 12.0 Å². The molecule has 0 aromatic heterocycles. The van der Waals surface area contributed by atoms with Crippen molar-refractivity contribution in [1.29, 1.82) is 0 Å². The molecule has 94 valence electrons. The first-order valence-electron chi connectivity index (χ1n) is 6.30. The first-order chi connectivity index (χ1) is 8.19. The monoisotopic (exact) mass is 271 g/mol. The van der Waals surface area contributed by atoms with Gasteiger partial charge in [-0.05, 0) is 43.5 Å². The van der Waals surface area contributed by atoms with Crippen molar-refractivity contribution in [3.63, 3.8) is 0 Å². The predicted octanol–water partition coefficient (Wildman–Crippen LogP) is 4.31. The molecule has 0 spiro atoms. The zero-order chi connectivity index (χ0) is 12.3. The van der Waals surface area contributed by atoms with Gasteiger partial charge in [0.2, 0.25) is 0 Å². The third kappa shape index (κ3) is 3.61. The first-order valence-corrected chi connectivity index (χ1v) is 7.06. The van der Waals surface area contributed by atoms with E-state index in [-0.39, 0.29) is 0 Å². The number of halogens is 2. The Morgan fingerprint density at radius 2 is 2.12 bits per heavy atom. The van der Waals surface area contributed by atoms with Crippen LogP contribution in [0.4, 0.5) is 0 Å². The van der Waals surface area contributed by atoms with E-state index in [2.05, 4.69) is 5.32 Å². The fourth-order valence-corrected chi connectivity index (χ4v) is 2.87. The van der Waals surface area contributed by atoms with Gasteiger partial charge in [0.1, 0.15) is 0 Å². The molecule has 1 aliphatic carbocycles. The average molecular weight is 272 g/mol. The van der Waals surface area contributed by atoms with Crippen molar-refractivity contribution in [2.24, 2.45) is 5.92 Å². The molecule has 1 aliphatic rings. The zero-order valence-electron chi connectivity index (χ0n) is 10.2.